The van der Waals surface area contributed by atoms with Crippen molar-refractivity contribution in [3.8, 4) is 6.07 Å². The van der Waals surface area contributed by atoms with Crippen molar-refractivity contribution in [3.05, 3.63) is 69.9 Å². The predicted octanol–water partition coefficient (Wildman–Crippen LogP) is 2.51. The van der Waals surface area contributed by atoms with Crippen molar-refractivity contribution in [1.29, 1.82) is 5.26 Å². The van der Waals surface area contributed by atoms with E-state index in [1.165, 1.54) is 12.1 Å². The number of aryl methyl sites for hydroxylation is 1. The SMILES string of the molecule is Cn1c(=O)cc(N2C[C@H]3CN(Cc4ccc(F)cc4)C[C@H]3C2)c2nc(C#N)ccc21. The van der Waals surface area contributed by atoms with Gasteiger partial charge >= 0.3 is 0 Å². The van der Waals surface area contributed by atoms with Crippen LogP contribution in [-0.4, -0.2) is 40.6 Å². The molecule has 7 heteroatoms. The Morgan fingerprint density at radius 2 is 1.80 bits per heavy atom. The van der Waals surface area contributed by atoms with E-state index in [1.807, 2.05) is 12.1 Å². The summed E-state index contributed by atoms with van der Waals surface area (Å²) >= 11 is 0. The zero-order valence-corrected chi connectivity index (χ0v) is 16.8. The molecule has 2 aromatic heterocycles. The fourth-order valence-corrected chi connectivity index (χ4v) is 4.88. The molecule has 6 nitrogen and oxygen atoms in total. The molecule has 2 aliphatic rings. The van der Waals surface area contributed by atoms with Crippen LogP contribution >= 0.6 is 0 Å². The number of aromatic nitrogens is 2. The molecule has 2 atom stereocenters. The minimum Gasteiger partial charge on any atom is -0.369 e. The van der Waals surface area contributed by atoms with Gasteiger partial charge in [-0.05, 0) is 41.7 Å². The number of rotatable bonds is 3. The average molecular weight is 403 g/mol. The molecule has 0 bridgehead atoms. The minimum absolute atomic E-state index is 0.0704. The number of pyridine rings is 2. The predicted molar refractivity (Wildman–Crippen MR) is 113 cm³/mol. The molecule has 2 saturated heterocycles. The molecule has 0 radical (unpaired) electrons. The molecular weight excluding hydrogens is 381 g/mol. The molecule has 0 aliphatic carbocycles. The first-order valence-electron chi connectivity index (χ1n) is 10.1. The first-order valence-corrected chi connectivity index (χ1v) is 10.1. The summed E-state index contributed by atoms with van der Waals surface area (Å²) in [5.41, 5.74) is 3.68. The molecule has 0 unspecified atom stereocenters. The van der Waals surface area contributed by atoms with Gasteiger partial charge in [0.05, 0.1) is 11.2 Å². The van der Waals surface area contributed by atoms with Crippen molar-refractivity contribution >= 4 is 16.7 Å². The highest BCUT2D eigenvalue weighted by molar-refractivity contribution is 5.88. The maximum Gasteiger partial charge on any atom is 0.252 e. The Bertz CT molecular complexity index is 1200. The van der Waals surface area contributed by atoms with Gasteiger partial charge in [0.2, 0.25) is 0 Å². The van der Waals surface area contributed by atoms with Crippen LogP contribution in [0, 0.1) is 29.0 Å². The molecule has 3 aromatic rings. The van der Waals surface area contributed by atoms with Crippen LogP contribution in [-0.2, 0) is 13.6 Å². The van der Waals surface area contributed by atoms with Crippen molar-refractivity contribution in [2.24, 2.45) is 18.9 Å². The number of nitriles is 1. The first kappa shape index (κ1) is 18.8. The van der Waals surface area contributed by atoms with Crippen molar-refractivity contribution < 1.29 is 4.39 Å². The summed E-state index contributed by atoms with van der Waals surface area (Å²) in [5.74, 6) is 0.828. The lowest BCUT2D eigenvalue weighted by atomic mass is 10.0. The number of benzene rings is 1. The molecule has 0 spiro atoms. The molecule has 4 heterocycles. The number of likely N-dealkylation sites (tertiary alicyclic amines) is 1. The summed E-state index contributed by atoms with van der Waals surface area (Å²) in [6, 6.07) is 13.9. The van der Waals surface area contributed by atoms with Crippen LogP contribution in [0.2, 0.25) is 0 Å². The van der Waals surface area contributed by atoms with Gasteiger partial charge in [0.25, 0.3) is 5.56 Å². The van der Waals surface area contributed by atoms with Gasteiger partial charge in [-0.15, -0.1) is 0 Å². The molecule has 0 N–H and O–H groups in total. The molecule has 152 valence electrons. The lowest BCUT2D eigenvalue weighted by molar-refractivity contribution is 0.309. The Balaban J connectivity index is 1.37. The fraction of sp³-hybridized carbons (Fsp3) is 0.348. The third-order valence-corrected chi connectivity index (χ3v) is 6.41. The Morgan fingerprint density at radius 1 is 1.10 bits per heavy atom. The highest BCUT2D eigenvalue weighted by atomic mass is 19.1. The standard InChI is InChI=1S/C23H22FN5O/c1-27-20-7-6-19(9-25)26-23(20)21(8-22(27)30)29-13-16-11-28(12-17(16)14-29)10-15-2-4-18(24)5-3-15/h2-8,16-17H,10-14H2,1H3/t16-,17+. The summed E-state index contributed by atoms with van der Waals surface area (Å²) in [7, 11) is 1.73. The van der Waals surface area contributed by atoms with Crippen LogP contribution < -0.4 is 10.5 Å². The average Bonchev–Trinajstić information content (AvgIpc) is 3.30. The Labute approximate surface area is 173 Å². The van der Waals surface area contributed by atoms with Gasteiger partial charge in [0.15, 0.2) is 0 Å². The van der Waals surface area contributed by atoms with Crippen molar-refractivity contribution in [2.75, 3.05) is 31.1 Å². The van der Waals surface area contributed by atoms with Crippen molar-refractivity contribution in [3.63, 3.8) is 0 Å². The lowest BCUT2D eigenvalue weighted by Gasteiger charge is -2.24. The molecule has 0 amide bonds. The third kappa shape index (κ3) is 3.23. The smallest absolute Gasteiger partial charge is 0.252 e. The van der Waals surface area contributed by atoms with E-state index in [0.29, 0.717) is 23.0 Å². The van der Waals surface area contributed by atoms with E-state index < -0.39 is 0 Å². The highest BCUT2D eigenvalue weighted by Crippen LogP contribution is 2.36. The zero-order valence-electron chi connectivity index (χ0n) is 16.8. The van der Waals surface area contributed by atoms with E-state index in [2.05, 4.69) is 20.9 Å². The van der Waals surface area contributed by atoms with Crippen LogP contribution in [0.5, 0.6) is 0 Å². The molecular formula is C23H22FN5O. The molecule has 5 rings (SSSR count). The van der Waals surface area contributed by atoms with Gasteiger partial charge in [0, 0.05) is 45.8 Å². The minimum atomic E-state index is -0.206. The maximum atomic E-state index is 13.1. The highest BCUT2D eigenvalue weighted by Gasteiger charge is 2.40. The van der Waals surface area contributed by atoms with Gasteiger partial charge in [-0.2, -0.15) is 5.26 Å². The molecule has 0 saturated carbocycles. The molecule has 2 aliphatic heterocycles. The van der Waals surface area contributed by atoms with Gasteiger partial charge in [0.1, 0.15) is 23.1 Å². The maximum absolute atomic E-state index is 13.1. The zero-order chi connectivity index (χ0) is 20.8. The second kappa shape index (κ2) is 7.22. The van der Waals surface area contributed by atoms with Gasteiger partial charge in [-0.3, -0.25) is 9.69 Å². The van der Waals surface area contributed by atoms with E-state index in [0.717, 1.165) is 49.5 Å². The van der Waals surface area contributed by atoms with Crippen LogP contribution in [0.3, 0.4) is 0 Å². The van der Waals surface area contributed by atoms with E-state index in [9.17, 15) is 14.4 Å². The van der Waals surface area contributed by atoms with Crippen LogP contribution in [0.4, 0.5) is 10.1 Å². The summed E-state index contributed by atoms with van der Waals surface area (Å²) in [5, 5.41) is 9.25. The number of hydrogen-bond acceptors (Lipinski definition) is 5. The second-order valence-electron chi connectivity index (χ2n) is 8.35. The Morgan fingerprint density at radius 3 is 2.47 bits per heavy atom. The largest absolute Gasteiger partial charge is 0.369 e. The Kier molecular flexibility index (Phi) is 4.52. The summed E-state index contributed by atoms with van der Waals surface area (Å²) < 4.78 is 14.7. The van der Waals surface area contributed by atoms with Gasteiger partial charge in [-0.1, -0.05) is 12.1 Å². The summed E-state index contributed by atoms with van der Waals surface area (Å²) in [6.07, 6.45) is 0. The molecule has 2 fully saturated rings. The monoisotopic (exact) mass is 403 g/mol. The quantitative estimate of drug-likeness (QED) is 0.672. The lowest BCUT2D eigenvalue weighted by Crippen LogP contribution is -2.30. The van der Waals surface area contributed by atoms with Crippen LogP contribution in [0.25, 0.3) is 11.0 Å². The summed E-state index contributed by atoms with van der Waals surface area (Å²) in [4.78, 5) is 21.7. The second-order valence-corrected chi connectivity index (χ2v) is 8.35. The van der Waals surface area contributed by atoms with Crippen LogP contribution in [0.1, 0.15) is 11.3 Å². The van der Waals surface area contributed by atoms with E-state index in [4.69, 9.17) is 0 Å². The molecule has 1 aromatic carbocycles. The topological polar surface area (TPSA) is 65.2 Å². The fourth-order valence-electron chi connectivity index (χ4n) is 4.88. The normalized spacial score (nSPS) is 21.2. The van der Waals surface area contributed by atoms with Crippen molar-refractivity contribution in [1.82, 2.24) is 14.5 Å². The van der Waals surface area contributed by atoms with Crippen molar-refractivity contribution in [2.45, 2.75) is 6.54 Å². The first-order chi connectivity index (χ1) is 14.5. The third-order valence-electron chi connectivity index (χ3n) is 6.41. The molecule has 30 heavy (non-hydrogen) atoms. The van der Waals surface area contributed by atoms with Gasteiger partial charge in [-0.25, -0.2) is 9.37 Å². The van der Waals surface area contributed by atoms with E-state index in [-0.39, 0.29) is 11.4 Å². The van der Waals surface area contributed by atoms with Crippen LogP contribution in [0.15, 0.2) is 47.3 Å². The number of halogens is 1. The van der Waals surface area contributed by atoms with E-state index in [1.54, 1.807) is 29.8 Å². The number of fused-ring (bicyclic) bond motifs is 2. The van der Waals surface area contributed by atoms with E-state index >= 15 is 0 Å². The van der Waals surface area contributed by atoms with Gasteiger partial charge < -0.3 is 9.47 Å². The summed E-state index contributed by atoms with van der Waals surface area (Å²) in [6.45, 7) is 4.53. The number of nitrogens with zero attached hydrogens (tertiary/aromatic N) is 5. The number of hydrogen-bond donors (Lipinski definition) is 0. The Hall–Kier alpha value is -3.24. The number of anilines is 1.